The highest BCUT2D eigenvalue weighted by atomic mass is 16.7. The van der Waals surface area contributed by atoms with Crippen molar-refractivity contribution in [3.63, 3.8) is 0 Å². The Kier molecular flexibility index (Phi) is 6.65. The quantitative estimate of drug-likeness (QED) is 0.660. The Morgan fingerprint density at radius 3 is 1.45 bits per heavy atom. The van der Waals surface area contributed by atoms with Crippen molar-refractivity contribution in [2.45, 2.75) is 38.9 Å². The third kappa shape index (κ3) is 4.70. The van der Waals surface area contributed by atoms with Crippen LogP contribution in [0, 0.1) is 0 Å². The molecule has 0 bridgehead atoms. The van der Waals surface area contributed by atoms with Gasteiger partial charge in [0.05, 0.1) is 12.2 Å². The second-order valence-corrected chi connectivity index (χ2v) is 5.18. The Bertz CT molecular complexity index is 483. The van der Waals surface area contributed by atoms with Gasteiger partial charge in [0, 0.05) is 0 Å². The van der Waals surface area contributed by atoms with Gasteiger partial charge in [0.1, 0.15) is 0 Å². The molecule has 115 valence electrons. The van der Waals surface area contributed by atoms with Crippen molar-refractivity contribution in [2.75, 3.05) is 0 Å². The van der Waals surface area contributed by atoms with E-state index in [1.807, 2.05) is 74.5 Å². The lowest BCUT2D eigenvalue weighted by molar-refractivity contribution is 0.0338. The zero-order valence-corrected chi connectivity index (χ0v) is 13.1. The average molecular weight is 297 g/mol. The van der Waals surface area contributed by atoms with E-state index in [1.165, 1.54) is 0 Å². The third-order valence-electron chi connectivity index (χ3n) is 3.64. The van der Waals surface area contributed by atoms with Crippen molar-refractivity contribution >= 4 is 7.32 Å². The number of hydrogen-bond donors (Lipinski definition) is 0. The molecular formula is C18H22BO3. The maximum Gasteiger partial charge on any atom is 0.667 e. The maximum atomic E-state index is 12.2. The predicted octanol–water partition coefficient (Wildman–Crippen LogP) is 4.74. The topological polar surface area (TPSA) is 38.4 Å². The zero-order valence-electron chi connectivity index (χ0n) is 13.1. The molecule has 2 atom stereocenters. The summed E-state index contributed by atoms with van der Waals surface area (Å²) in [6.45, 7) is 4.00. The van der Waals surface area contributed by atoms with Crippen LogP contribution in [0.25, 0.3) is 0 Å². The summed E-state index contributed by atoms with van der Waals surface area (Å²) in [7, 11) is -1.49. The molecule has 0 amide bonds. The highest BCUT2D eigenvalue weighted by Gasteiger charge is 2.27. The minimum absolute atomic E-state index is 0.239. The molecule has 0 saturated heterocycles. The van der Waals surface area contributed by atoms with E-state index >= 15 is 0 Å². The van der Waals surface area contributed by atoms with E-state index in [4.69, 9.17) is 9.31 Å². The van der Waals surface area contributed by atoms with Crippen LogP contribution in [0.4, 0.5) is 0 Å². The molecular weight excluding hydrogens is 275 g/mol. The standard InChI is InChI=1S/C18H22BO3/c1-3-17(15-11-7-5-8-12-15)21-19(20)22-18(4-2)16-13-9-6-10-14-16/h5-14,17-18H,3-4H2,1-2H3. The largest absolute Gasteiger partial charge is 0.667 e. The van der Waals surface area contributed by atoms with Gasteiger partial charge >= 0.3 is 7.32 Å². The van der Waals surface area contributed by atoms with E-state index in [1.54, 1.807) is 0 Å². The molecule has 0 saturated carbocycles. The fraction of sp³-hybridized carbons (Fsp3) is 0.333. The van der Waals surface area contributed by atoms with Crippen molar-refractivity contribution in [3.8, 4) is 0 Å². The second kappa shape index (κ2) is 8.74. The van der Waals surface area contributed by atoms with Crippen LogP contribution in [0.2, 0.25) is 0 Å². The molecule has 0 aromatic heterocycles. The average Bonchev–Trinajstić information content (AvgIpc) is 2.59. The number of hydrogen-bond acceptors (Lipinski definition) is 2. The highest BCUT2D eigenvalue weighted by molar-refractivity contribution is 6.34. The van der Waals surface area contributed by atoms with Gasteiger partial charge in [-0.1, -0.05) is 74.5 Å². The molecule has 0 fully saturated rings. The molecule has 22 heavy (non-hydrogen) atoms. The molecule has 2 aromatic rings. The fourth-order valence-electron chi connectivity index (χ4n) is 2.46. The molecule has 4 heteroatoms. The lowest BCUT2D eigenvalue weighted by Gasteiger charge is -2.21. The van der Waals surface area contributed by atoms with Crippen LogP contribution in [0.5, 0.6) is 0 Å². The molecule has 0 aliphatic heterocycles. The van der Waals surface area contributed by atoms with E-state index in [-0.39, 0.29) is 12.2 Å². The summed E-state index contributed by atoms with van der Waals surface area (Å²) in [5.41, 5.74) is 2.00. The van der Waals surface area contributed by atoms with Gasteiger partial charge in [-0.25, -0.2) is 5.02 Å². The summed E-state index contributed by atoms with van der Waals surface area (Å²) in [6, 6.07) is 19.5. The first-order valence-electron chi connectivity index (χ1n) is 7.81. The third-order valence-corrected chi connectivity index (χ3v) is 3.64. The number of benzene rings is 2. The molecule has 3 nitrogen and oxygen atoms in total. The summed E-state index contributed by atoms with van der Waals surface area (Å²) in [5, 5.41) is 12.2. The van der Waals surface area contributed by atoms with Gasteiger partial charge in [0.25, 0.3) is 0 Å². The van der Waals surface area contributed by atoms with Gasteiger partial charge in [-0.15, -0.1) is 0 Å². The summed E-state index contributed by atoms with van der Waals surface area (Å²) in [5.74, 6) is 0. The summed E-state index contributed by atoms with van der Waals surface area (Å²) >= 11 is 0. The van der Waals surface area contributed by atoms with Crippen molar-refractivity contribution in [1.82, 2.24) is 0 Å². The summed E-state index contributed by atoms with van der Waals surface area (Å²) in [4.78, 5) is 0. The fourth-order valence-corrected chi connectivity index (χ4v) is 2.46. The molecule has 0 spiro atoms. The zero-order chi connectivity index (χ0) is 15.8. The van der Waals surface area contributed by atoms with Gasteiger partial charge in [-0.3, -0.25) is 0 Å². The van der Waals surface area contributed by atoms with Crippen LogP contribution in [-0.4, -0.2) is 7.32 Å². The normalized spacial score (nSPS) is 13.6. The molecule has 0 aliphatic carbocycles. The summed E-state index contributed by atoms with van der Waals surface area (Å²) < 4.78 is 11.1. The molecule has 0 heterocycles. The van der Waals surface area contributed by atoms with Gasteiger partial charge < -0.3 is 9.31 Å². The Morgan fingerprint density at radius 2 is 1.14 bits per heavy atom. The molecule has 1 radical (unpaired) electrons. The minimum atomic E-state index is -1.49. The summed E-state index contributed by atoms with van der Waals surface area (Å²) in [6.07, 6.45) is 0.983. The molecule has 2 unspecified atom stereocenters. The van der Waals surface area contributed by atoms with Crippen molar-refractivity contribution in [1.29, 1.82) is 0 Å². The monoisotopic (exact) mass is 297 g/mol. The van der Waals surface area contributed by atoms with E-state index < -0.39 is 7.32 Å². The van der Waals surface area contributed by atoms with Gasteiger partial charge in [0.2, 0.25) is 0 Å². The van der Waals surface area contributed by atoms with E-state index in [0.29, 0.717) is 0 Å². The van der Waals surface area contributed by atoms with Crippen LogP contribution in [-0.2, 0) is 14.3 Å². The first-order valence-corrected chi connectivity index (χ1v) is 7.81. The van der Waals surface area contributed by atoms with Crippen molar-refractivity contribution < 1.29 is 14.3 Å². The van der Waals surface area contributed by atoms with Gasteiger partial charge in [-0.2, -0.15) is 0 Å². The van der Waals surface area contributed by atoms with E-state index in [9.17, 15) is 5.02 Å². The maximum absolute atomic E-state index is 12.2. The van der Waals surface area contributed by atoms with Crippen LogP contribution in [0.15, 0.2) is 60.7 Å². The Balaban J connectivity index is 1.97. The minimum Gasteiger partial charge on any atom is -0.377 e. The van der Waals surface area contributed by atoms with E-state index in [0.717, 1.165) is 24.0 Å². The van der Waals surface area contributed by atoms with Crippen molar-refractivity contribution in [3.05, 3.63) is 71.8 Å². The molecule has 2 rings (SSSR count). The first kappa shape index (κ1) is 16.8. The van der Waals surface area contributed by atoms with Crippen LogP contribution in [0.1, 0.15) is 50.0 Å². The lowest BCUT2D eigenvalue weighted by Crippen LogP contribution is -2.26. The second-order valence-electron chi connectivity index (χ2n) is 5.18. The molecule has 0 N–H and O–H groups in total. The lowest BCUT2D eigenvalue weighted by atomic mass is 10.0. The SMILES string of the molecule is CCC(OB([O])OC(CC)c1ccccc1)c1ccccc1. The van der Waals surface area contributed by atoms with Crippen molar-refractivity contribution in [2.24, 2.45) is 0 Å². The van der Waals surface area contributed by atoms with Crippen LogP contribution >= 0.6 is 0 Å². The Hall–Kier alpha value is -1.62. The van der Waals surface area contributed by atoms with E-state index in [2.05, 4.69) is 0 Å². The first-order chi connectivity index (χ1) is 10.7. The van der Waals surface area contributed by atoms with Gasteiger partial charge in [0.15, 0.2) is 0 Å². The number of rotatable bonds is 8. The van der Waals surface area contributed by atoms with Gasteiger partial charge in [-0.05, 0) is 24.0 Å². The highest BCUT2D eigenvalue weighted by Crippen LogP contribution is 2.25. The Morgan fingerprint density at radius 1 is 0.773 bits per heavy atom. The smallest absolute Gasteiger partial charge is 0.377 e. The Labute approximate surface area is 133 Å². The molecule has 2 aromatic carbocycles. The van der Waals surface area contributed by atoms with Crippen LogP contribution < -0.4 is 0 Å². The molecule has 0 aliphatic rings. The van der Waals surface area contributed by atoms with Crippen LogP contribution in [0.3, 0.4) is 0 Å². The predicted molar refractivity (Wildman–Crippen MR) is 87.6 cm³/mol.